The Morgan fingerprint density at radius 1 is 0.976 bits per heavy atom. The molecule has 1 aromatic heterocycles. The van der Waals surface area contributed by atoms with E-state index in [4.69, 9.17) is 14.2 Å². The molecule has 0 bridgehead atoms. The SMILES string of the molecule is CCOc1ccc(F)cc1CNc1nc(Nc2cc(C#N)ccc2NCc2ccc(OC)cc2OC)ncc1[N+](=O)[O-]. The molecule has 0 aliphatic heterocycles. The van der Waals surface area contributed by atoms with Crippen LogP contribution in [-0.2, 0) is 13.1 Å². The zero-order valence-corrected chi connectivity index (χ0v) is 23.1. The average molecular weight is 574 g/mol. The van der Waals surface area contributed by atoms with Crippen LogP contribution in [0.15, 0.2) is 60.8 Å². The van der Waals surface area contributed by atoms with E-state index < -0.39 is 10.7 Å². The third kappa shape index (κ3) is 7.11. The molecule has 4 aromatic rings. The topological polar surface area (TPSA) is 156 Å². The Kier molecular flexibility index (Phi) is 9.52. The zero-order chi connectivity index (χ0) is 30.1. The Morgan fingerprint density at radius 3 is 2.50 bits per heavy atom. The molecule has 0 unspecified atom stereocenters. The van der Waals surface area contributed by atoms with Gasteiger partial charge in [0.15, 0.2) is 0 Å². The maximum atomic E-state index is 13.9. The molecule has 13 heteroatoms. The van der Waals surface area contributed by atoms with E-state index in [9.17, 15) is 19.8 Å². The Bertz CT molecular complexity index is 1630. The summed E-state index contributed by atoms with van der Waals surface area (Å²) in [5.74, 6) is 1.21. The fourth-order valence-corrected chi connectivity index (χ4v) is 4.04. The van der Waals surface area contributed by atoms with Crippen molar-refractivity contribution in [3.05, 3.63) is 93.4 Å². The second kappa shape index (κ2) is 13.6. The van der Waals surface area contributed by atoms with E-state index in [0.717, 1.165) is 11.8 Å². The quantitative estimate of drug-likeness (QED) is 0.132. The van der Waals surface area contributed by atoms with Crippen LogP contribution in [0, 0.1) is 27.3 Å². The molecule has 0 atom stereocenters. The number of aromatic nitrogens is 2. The van der Waals surface area contributed by atoms with Gasteiger partial charge >= 0.3 is 5.69 Å². The molecule has 216 valence electrons. The molecule has 3 N–H and O–H groups in total. The van der Waals surface area contributed by atoms with Crippen molar-refractivity contribution in [2.24, 2.45) is 0 Å². The van der Waals surface area contributed by atoms with Gasteiger partial charge in [-0.15, -0.1) is 0 Å². The number of methoxy groups -OCH3 is 2. The minimum atomic E-state index is -0.618. The number of anilines is 4. The summed E-state index contributed by atoms with van der Waals surface area (Å²) in [5.41, 5.74) is 2.40. The summed E-state index contributed by atoms with van der Waals surface area (Å²) in [7, 11) is 3.14. The van der Waals surface area contributed by atoms with Crippen LogP contribution in [0.3, 0.4) is 0 Å². The summed E-state index contributed by atoms with van der Waals surface area (Å²) in [6, 6.07) is 16.6. The number of nitriles is 1. The number of hydrogen-bond acceptors (Lipinski definition) is 11. The lowest BCUT2D eigenvalue weighted by atomic mass is 10.1. The van der Waals surface area contributed by atoms with Crippen LogP contribution in [0.1, 0.15) is 23.6 Å². The van der Waals surface area contributed by atoms with Crippen molar-refractivity contribution in [3.8, 4) is 23.3 Å². The minimum Gasteiger partial charge on any atom is -0.497 e. The zero-order valence-electron chi connectivity index (χ0n) is 23.1. The number of benzene rings is 3. The summed E-state index contributed by atoms with van der Waals surface area (Å²) in [6.07, 6.45) is 1.07. The van der Waals surface area contributed by atoms with Gasteiger partial charge in [-0.3, -0.25) is 10.1 Å². The summed E-state index contributed by atoms with van der Waals surface area (Å²) in [5, 5.41) is 30.4. The number of halogens is 1. The normalized spacial score (nSPS) is 10.4. The van der Waals surface area contributed by atoms with Crippen LogP contribution in [0.5, 0.6) is 17.2 Å². The highest BCUT2D eigenvalue weighted by Gasteiger charge is 2.19. The van der Waals surface area contributed by atoms with Gasteiger partial charge in [-0.2, -0.15) is 10.2 Å². The van der Waals surface area contributed by atoms with Crippen molar-refractivity contribution >= 4 is 28.8 Å². The molecule has 1 heterocycles. The Labute approximate surface area is 241 Å². The van der Waals surface area contributed by atoms with Gasteiger partial charge in [0.05, 0.1) is 48.8 Å². The van der Waals surface area contributed by atoms with Crippen LogP contribution in [-0.4, -0.2) is 35.7 Å². The molecule has 3 aromatic carbocycles. The number of nitrogens with one attached hydrogen (secondary N) is 3. The van der Waals surface area contributed by atoms with E-state index in [0.29, 0.717) is 52.9 Å². The highest BCUT2D eigenvalue weighted by Crippen LogP contribution is 2.31. The monoisotopic (exact) mass is 573 g/mol. The van der Waals surface area contributed by atoms with Gasteiger partial charge < -0.3 is 30.2 Å². The third-order valence-electron chi connectivity index (χ3n) is 6.09. The summed E-state index contributed by atoms with van der Waals surface area (Å²) < 4.78 is 30.2. The van der Waals surface area contributed by atoms with Crippen molar-refractivity contribution in [3.63, 3.8) is 0 Å². The van der Waals surface area contributed by atoms with Crippen LogP contribution in [0.4, 0.5) is 33.2 Å². The molecular weight excluding hydrogens is 545 g/mol. The second-order valence-electron chi connectivity index (χ2n) is 8.75. The molecule has 12 nitrogen and oxygen atoms in total. The van der Waals surface area contributed by atoms with E-state index >= 15 is 0 Å². The Balaban J connectivity index is 1.60. The molecule has 0 fully saturated rings. The lowest BCUT2D eigenvalue weighted by Crippen LogP contribution is -2.10. The van der Waals surface area contributed by atoms with E-state index in [-0.39, 0.29) is 24.0 Å². The van der Waals surface area contributed by atoms with Crippen molar-refractivity contribution in [1.29, 1.82) is 5.26 Å². The number of hydrogen-bond donors (Lipinski definition) is 3. The number of rotatable bonds is 13. The summed E-state index contributed by atoms with van der Waals surface area (Å²) in [4.78, 5) is 19.5. The molecule has 0 aliphatic carbocycles. The number of ether oxygens (including phenoxy) is 3. The molecule has 0 aliphatic rings. The van der Waals surface area contributed by atoms with Crippen LogP contribution >= 0.6 is 0 Å². The van der Waals surface area contributed by atoms with Crippen molar-refractivity contribution in [2.75, 3.05) is 36.8 Å². The average Bonchev–Trinajstić information content (AvgIpc) is 3.00. The molecule has 0 spiro atoms. The highest BCUT2D eigenvalue weighted by atomic mass is 19.1. The van der Waals surface area contributed by atoms with Gasteiger partial charge in [0, 0.05) is 30.3 Å². The molecule has 0 amide bonds. The van der Waals surface area contributed by atoms with Crippen molar-refractivity contribution < 1.29 is 23.5 Å². The highest BCUT2D eigenvalue weighted by molar-refractivity contribution is 5.75. The maximum absolute atomic E-state index is 13.9. The summed E-state index contributed by atoms with van der Waals surface area (Å²) >= 11 is 0. The van der Waals surface area contributed by atoms with E-state index in [1.165, 1.54) is 18.2 Å². The largest absolute Gasteiger partial charge is 0.497 e. The minimum absolute atomic E-state index is 0.00477. The first-order chi connectivity index (χ1) is 20.3. The van der Waals surface area contributed by atoms with Crippen LogP contribution in [0.25, 0.3) is 0 Å². The first-order valence-corrected chi connectivity index (χ1v) is 12.8. The molecule has 0 saturated carbocycles. The number of nitrogens with zero attached hydrogens (tertiary/aromatic N) is 4. The Morgan fingerprint density at radius 2 is 1.79 bits per heavy atom. The van der Waals surface area contributed by atoms with Gasteiger partial charge in [-0.1, -0.05) is 0 Å². The molecule has 42 heavy (non-hydrogen) atoms. The van der Waals surface area contributed by atoms with E-state index in [1.807, 2.05) is 12.1 Å². The number of nitro groups is 1. The molecular formula is C29H28FN7O5. The second-order valence-corrected chi connectivity index (χ2v) is 8.75. The first-order valence-electron chi connectivity index (χ1n) is 12.8. The molecule has 0 radical (unpaired) electrons. The van der Waals surface area contributed by atoms with Gasteiger partial charge in [-0.05, 0) is 55.5 Å². The lowest BCUT2D eigenvalue weighted by molar-refractivity contribution is -0.384. The maximum Gasteiger partial charge on any atom is 0.329 e. The third-order valence-corrected chi connectivity index (χ3v) is 6.09. The fourth-order valence-electron chi connectivity index (χ4n) is 4.04. The standard InChI is InChI=1S/C29H28FN7O5/c1-4-42-26-10-7-21(30)12-20(26)16-33-28-25(37(38)39)17-34-29(36-28)35-24-11-18(14-31)5-9-23(24)32-15-19-6-8-22(40-2)13-27(19)41-3/h5-13,17,32H,4,15-16H2,1-3H3,(H2,33,34,35,36). The van der Waals surface area contributed by atoms with Crippen molar-refractivity contribution in [1.82, 2.24) is 9.97 Å². The smallest absolute Gasteiger partial charge is 0.329 e. The summed E-state index contributed by atoms with van der Waals surface area (Å²) in [6.45, 7) is 2.54. The van der Waals surface area contributed by atoms with E-state index in [1.54, 1.807) is 45.4 Å². The van der Waals surface area contributed by atoms with Gasteiger partial charge in [0.1, 0.15) is 29.3 Å². The van der Waals surface area contributed by atoms with Crippen LogP contribution in [0.2, 0.25) is 0 Å². The predicted octanol–water partition coefficient (Wildman–Crippen LogP) is 5.78. The molecule has 4 rings (SSSR count). The van der Waals surface area contributed by atoms with Crippen LogP contribution < -0.4 is 30.2 Å². The lowest BCUT2D eigenvalue weighted by Gasteiger charge is -2.16. The van der Waals surface area contributed by atoms with Gasteiger partial charge in [0.2, 0.25) is 11.8 Å². The first kappa shape index (κ1) is 29.3. The molecule has 0 saturated heterocycles. The van der Waals surface area contributed by atoms with E-state index in [2.05, 4.69) is 32.0 Å². The van der Waals surface area contributed by atoms with Crippen molar-refractivity contribution in [2.45, 2.75) is 20.0 Å². The fraction of sp³-hybridized carbons (Fsp3) is 0.207. The predicted molar refractivity (Wildman–Crippen MR) is 155 cm³/mol. The Hall–Kier alpha value is -5.64. The van der Waals surface area contributed by atoms with Gasteiger partial charge in [0.25, 0.3) is 0 Å². The van der Waals surface area contributed by atoms with Gasteiger partial charge in [-0.25, -0.2) is 9.37 Å².